The SMILES string of the molecule is COC(=O)c1ccc(C(C)(O)c2ccc(Br)cc2)o1. The number of carbonyl (C=O) groups is 1. The van der Waals surface area contributed by atoms with Crippen molar-refractivity contribution in [2.24, 2.45) is 0 Å². The highest BCUT2D eigenvalue weighted by Gasteiger charge is 2.30. The first kappa shape index (κ1) is 13.8. The molecule has 0 radical (unpaired) electrons. The lowest BCUT2D eigenvalue weighted by atomic mass is 9.94. The first-order chi connectivity index (χ1) is 8.95. The summed E-state index contributed by atoms with van der Waals surface area (Å²) in [6.45, 7) is 1.61. The minimum atomic E-state index is -1.31. The number of benzene rings is 1. The molecule has 100 valence electrons. The third kappa shape index (κ3) is 2.72. The molecule has 0 spiro atoms. The summed E-state index contributed by atoms with van der Waals surface area (Å²) in [6.07, 6.45) is 0. The average Bonchev–Trinajstić information content (AvgIpc) is 2.88. The van der Waals surface area contributed by atoms with E-state index >= 15 is 0 Å². The summed E-state index contributed by atoms with van der Waals surface area (Å²) in [4.78, 5) is 11.3. The lowest BCUT2D eigenvalue weighted by Crippen LogP contribution is -2.21. The van der Waals surface area contributed by atoms with Gasteiger partial charge in [-0.05, 0) is 36.8 Å². The number of rotatable bonds is 3. The normalized spacial score (nSPS) is 13.9. The van der Waals surface area contributed by atoms with Crippen LogP contribution in [0, 0.1) is 0 Å². The topological polar surface area (TPSA) is 59.7 Å². The summed E-state index contributed by atoms with van der Waals surface area (Å²) in [5, 5.41) is 10.6. The molecule has 5 heteroatoms. The largest absolute Gasteiger partial charge is 0.463 e. The van der Waals surface area contributed by atoms with E-state index in [0.717, 1.165) is 4.47 Å². The highest BCUT2D eigenvalue weighted by molar-refractivity contribution is 9.10. The van der Waals surface area contributed by atoms with Gasteiger partial charge in [-0.1, -0.05) is 28.1 Å². The molecule has 1 unspecified atom stereocenters. The molecule has 2 rings (SSSR count). The number of halogens is 1. The van der Waals surface area contributed by atoms with Crippen molar-refractivity contribution in [3.05, 3.63) is 58.0 Å². The monoisotopic (exact) mass is 324 g/mol. The Hall–Kier alpha value is -1.59. The van der Waals surface area contributed by atoms with Crippen LogP contribution in [0.4, 0.5) is 0 Å². The minimum absolute atomic E-state index is 0.0647. The molecule has 0 bridgehead atoms. The zero-order valence-electron chi connectivity index (χ0n) is 10.5. The van der Waals surface area contributed by atoms with Crippen molar-refractivity contribution in [3.8, 4) is 0 Å². The van der Waals surface area contributed by atoms with Gasteiger partial charge < -0.3 is 14.3 Å². The molecule has 2 aromatic rings. The lowest BCUT2D eigenvalue weighted by Gasteiger charge is -2.21. The quantitative estimate of drug-likeness (QED) is 0.881. The van der Waals surface area contributed by atoms with Gasteiger partial charge in [-0.2, -0.15) is 0 Å². The molecular weight excluding hydrogens is 312 g/mol. The number of ether oxygens (including phenoxy) is 1. The summed E-state index contributed by atoms with van der Waals surface area (Å²) in [7, 11) is 1.28. The van der Waals surface area contributed by atoms with E-state index in [2.05, 4.69) is 20.7 Å². The Morgan fingerprint density at radius 3 is 2.47 bits per heavy atom. The van der Waals surface area contributed by atoms with Crippen molar-refractivity contribution in [1.82, 2.24) is 0 Å². The molecule has 0 aliphatic rings. The van der Waals surface area contributed by atoms with E-state index in [0.29, 0.717) is 5.56 Å². The van der Waals surface area contributed by atoms with Gasteiger partial charge in [-0.15, -0.1) is 0 Å². The Kier molecular flexibility index (Phi) is 3.78. The zero-order valence-corrected chi connectivity index (χ0v) is 12.1. The summed E-state index contributed by atoms with van der Waals surface area (Å²) in [5.74, 6) is -0.219. The smallest absolute Gasteiger partial charge is 0.373 e. The summed E-state index contributed by atoms with van der Waals surface area (Å²) < 4.78 is 10.8. The Morgan fingerprint density at radius 2 is 1.89 bits per heavy atom. The number of esters is 1. The highest BCUT2D eigenvalue weighted by Crippen LogP contribution is 2.31. The van der Waals surface area contributed by atoms with Gasteiger partial charge in [-0.25, -0.2) is 4.79 Å². The molecule has 1 atom stereocenters. The second kappa shape index (κ2) is 5.19. The predicted octanol–water partition coefficient (Wildman–Crippen LogP) is 3.08. The lowest BCUT2D eigenvalue weighted by molar-refractivity contribution is 0.0522. The Bertz CT molecular complexity index is 584. The molecular formula is C14H13BrO4. The van der Waals surface area contributed by atoms with E-state index in [1.54, 1.807) is 25.1 Å². The van der Waals surface area contributed by atoms with Crippen LogP contribution in [-0.2, 0) is 10.3 Å². The van der Waals surface area contributed by atoms with Crippen LogP contribution < -0.4 is 0 Å². The fourth-order valence-corrected chi connectivity index (χ4v) is 1.99. The Morgan fingerprint density at radius 1 is 1.26 bits per heavy atom. The molecule has 19 heavy (non-hydrogen) atoms. The molecule has 1 aromatic heterocycles. The van der Waals surface area contributed by atoms with E-state index in [-0.39, 0.29) is 11.5 Å². The molecule has 0 aliphatic heterocycles. The van der Waals surface area contributed by atoms with Crippen LogP contribution in [0.2, 0.25) is 0 Å². The third-order valence-electron chi connectivity index (χ3n) is 2.88. The van der Waals surface area contributed by atoms with Gasteiger partial charge in [0, 0.05) is 4.47 Å². The van der Waals surface area contributed by atoms with E-state index in [1.807, 2.05) is 12.1 Å². The maximum Gasteiger partial charge on any atom is 0.373 e. The van der Waals surface area contributed by atoms with Crippen molar-refractivity contribution >= 4 is 21.9 Å². The fourth-order valence-electron chi connectivity index (χ4n) is 1.73. The van der Waals surface area contributed by atoms with Gasteiger partial charge in [0.15, 0.2) is 0 Å². The van der Waals surface area contributed by atoms with Crippen molar-refractivity contribution < 1.29 is 19.1 Å². The summed E-state index contributed by atoms with van der Waals surface area (Å²) in [6, 6.07) is 10.3. The summed E-state index contributed by atoms with van der Waals surface area (Å²) in [5.41, 5.74) is -0.645. The van der Waals surface area contributed by atoms with Crippen molar-refractivity contribution in [1.29, 1.82) is 0 Å². The molecule has 1 aromatic carbocycles. The molecule has 1 N–H and O–H groups in total. The van der Waals surface area contributed by atoms with Crippen LogP contribution in [0.25, 0.3) is 0 Å². The van der Waals surface area contributed by atoms with Gasteiger partial charge in [-0.3, -0.25) is 0 Å². The van der Waals surface area contributed by atoms with E-state index < -0.39 is 11.6 Å². The maximum atomic E-state index is 11.3. The van der Waals surface area contributed by atoms with Crippen molar-refractivity contribution in [2.75, 3.05) is 7.11 Å². The molecule has 0 amide bonds. The zero-order chi connectivity index (χ0) is 14.0. The molecule has 0 saturated heterocycles. The number of hydrogen-bond acceptors (Lipinski definition) is 4. The van der Waals surface area contributed by atoms with E-state index in [4.69, 9.17) is 4.42 Å². The second-order valence-corrected chi connectivity index (χ2v) is 5.15. The first-order valence-corrected chi connectivity index (χ1v) is 6.41. The molecule has 1 heterocycles. The average molecular weight is 325 g/mol. The third-order valence-corrected chi connectivity index (χ3v) is 3.41. The van der Waals surface area contributed by atoms with Crippen LogP contribution in [0.3, 0.4) is 0 Å². The van der Waals surface area contributed by atoms with Crippen LogP contribution >= 0.6 is 15.9 Å². The number of hydrogen-bond donors (Lipinski definition) is 1. The second-order valence-electron chi connectivity index (χ2n) is 4.23. The van der Waals surface area contributed by atoms with Crippen molar-refractivity contribution in [2.45, 2.75) is 12.5 Å². The highest BCUT2D eigenvalue weighted by atomic mass is 79.9. The number of furan rings is 1. The Balaban J connectivity index is 2.36. The molecule has 0 saturated carbocycles. The van der Waals surface area contributed by atoms with Crippen LogP contribution in [-0.4, -0.2) is 18.2 Å². The van der Waals surface area contributed by atoms with Gasteiger partial charge in [0.1, 0.15) is 11.4 Å². The van der Waals surface area contributed by atoms with Crippen LogP contribution in [0.15, 0.2) is 45.3 Å². The molecule has 0 fully saturated rings. The standard InChI is InChI=1S/C14H13BrO4/c1-14(17,9-3-5-10(15)6-4-9)12-8-7-11(19-12)13(16)18-2/h3-8,17H,1-2H3. The van der Waals surface area contributed by atoms with E-state index in [9.17, 15) is 9.90 Å². The van der Waals surface area contributed by atoms with Gasteiger partial charge in [0.25, 0.3) is 0 Å². The number of aliphatic hydroxyl groups is 1. The number of methoxy groups -OCH3 is 1. The maximum absolute atomic E-state index is 11.3. The predicted molar refractivity (Wildman–Crippen MR) is 72.9 cm³/mol. The van der Waals surface area contributed by atoms with Gasteiger partial charge >= 0.3 is 5.97 Å². The van der Waals surface area contributed by atoms with Crippen LogP contribution in [0.5, 0.6) is 0 Å². The van der Waals surface area contributed by atoms with Crippen molar-refractivity contribution in [3.63, 3.8) is 0 Å². The fraction of sp³-hybridized carbons (Fsp3) is 0.214. The van der Waals surface area contributed by atoms with E-state index in [1.165, 1.54) is 13.2 Å². The first-order valence-electron chi connectivity index (χ1n) is 5.62. The summed E-state index contributed by atoms with van der Waals surface area (Å²) >= 11 is 3.33. The van der Waals surface area contributed by atoms with Crippen LogP contribution in [0.1, 0.15) is 28.8 Å². The minimum Gasteiger partial charge on any atom is -0.463 e. The molecule has 0 aliphatic carbocycles. The number of carbonyl (C=O) groups excluding carboxylic acids is 1. The Labute approximate surface area is 119 Å². The van der Waals surface area contributed by atoms with Gasteiger partial charge in [0.2, 0.25) is 5.76 Å². The van der Waals surface area contributed by atoms with Gasteiger partial charge in [0.05, 0.1) is 7.11 Å². The molecule has 4 nitrogen and oxygen atoms in total.